The van der Waals surface area contributed by atoms with E-state index >= 15 is 0 Å². The summed E-state index contributed by atoms with van der Waals surface area (Å²) in [7, 11) is -3.82. The highest BCUT2D eigenvalue weighted by atomic mass is 32.2. The van der Waals surface area contributed by atoms with Gasteiger partial charge in [-0.2, -0.15) is 0 Å². The number of carbonyl (C=O) groups is 1. The molecule has 0 unspecified atom stereocenters. The fourth-order valence-electron chi connectivity index (χ4n) is 3.79. The molecule has 0 aliphatic carbocycles. The van der Waals surface area contributed by atoms with Crippen molar-refractivity contribution < 1.29 is 13.2 Å². The molecule has 2 aromatic carbocycles. The molecular weight excluding hydrogens is 462 g/mol. The van der Waals surface area contributed by atoms with Gasteiger partial charge in [-0.3, -0.25) is 9.97 Å². The number of nitrogens with one attached hydrogen (secondary N) is 2. The standard InChI is InChI=1S/C26H21N5O3S/c32-26(29-16-19-5-3-13-27-15-19)30-21-11-9-20(10-12-21)24-18-31(25-8-2-1-7-23(24)25)35(33,34)22-6-4-14-28-17-22/h1-15,17-18H,16H2,(H2,29,30,32). The second kappa shape index (κ2) is 9.40. The van der Waals surface area contributed by atoms with Crippen molar-refractivity contribution in [2.24, 2.45) is 0 Å². The van der Waals surface area contributed by atoms with Crippen molar-refractivity contribution in [1.29, 1.82) is 0 Å². The second-order valence-corrected chi connectivity index (χ2v) is 9.61. The van der Waals surface area contributed by atoms with Crippen molar-refractivity contribution in [3.63, 3.8) is 0 Å². The van der Waals surface area contributed by atoms with Gasteiger partial charge in [0.15, 0.2) is 0 Å². The normalized spacial score (nSPS) is 11.3. The average Bonchev–Trinajstić information content (AvgIpc) is 3.30. The van der Waals surface area contributed by atoms with Gasteiger partial charge in [0.1, 0.15) is 4.90 Å². The van der Waals surface area contributed by atoms with Crippen LogP contribution >= 0.6 is 0 Å². The number of fused-ring (bicyclic) bond motifs is 1. The maximum absolute atomic E-state index is 13.3. The molecule has 174 valence electrons. The van der Waals surface area contributed by atoms with Gasteiger partial charge in [0.25, 0.3) is 10.0 Å². The molecule has 2 amide bonds. The van der Waals surface area contributed by atoms with Gasteiger partial charge in [0.2, 0.25) is 0 Å². The predicted molar refractivity (Wildman–Crippen MR) is 134 cm³/mol. The molecule has 3 aromatic heterocycles. The van der Waals surface area contributed by atoms with E-state index in [1.807, 2.05) is 36.4 Å². The average molecular weight is 484 g/mol. The first-order valence-electron chi connectivity index (χ1n) is 10.8. The molecule has 0 atom stereocenters. The highest BCUT2D eigenvalue weighted by Crippen LogP contribution is 2.33. The molecule has 3 heterocycles. The Labute approximate surface area is 202 Å². The highest BCUT2D eigenvalue weighted by molar-refractivity contribution is 7.90. The molecule has 5 rings (SSSR count). The SMILES string of the molecule is O=C(NCc1cccnc1)Nc1ccc(-c2cn(S(=O)(=O)c3cccnc3)c3ccccc23)cc1. The summed E-state index contributed by atoms with van der Waals surface area (Å²) in [6.07, 6.45) is 7.86. The first kappa shape index (κ1) is 22.3. The molecule has 0 aliphatic heterocycles. The molecule has 0 radical (unpaired) electrons. The number of amides is 2. The molecule has 0 spiro atoms. The Hall–Kier alpha value is -4.50. The fourth-order valence-corrected chi connectivity index (χ4v) is 5.12. The number of aromatic nitrogens is 3. The molecule has 35 heavy (non-hydrogen) atoms. The van der Waals surface area contributed by atoms with Crippen molar-refractivity contribution in [2.75, 3.05) is 5.32 Å². The lowest BCUT2D eigenvalue weighted by Crippen LogP contribution is -2.28. The molecule has 2 N–H and O–H groups in total. The smallest absolute Gasteiger partial charge is 0.319 e. The minimum Gasteiger partial charge on any atom is -0.334 e. The quantitative estimate of drug-likeness (QED) is 0.365. The minimum absolute atomic E-state index is 0.115. The monoisotopic (exact) mass is 483 g/mol. The lowest BCUT2D eigenvalue weighted by atomic mass is 10.0. The van der Waals surface area contributed by atoms with Crippen LogP contribution in [0.3, 0.4) is 0 Å². The van der Waals surface area contributed by atoms with E-state index in [4.69, 9.17) is 0 Å². The summed E-state index contributed by atoms with van der Waals surface area (Å²) in [4.78, 5) is 20.3. The van der Waals surface area contributed by atoms with E-state index in [0.29, 0.717) is 17.7 Å². The van der Waals surface area contributed by atoms with Crippen LogP contribution in [-0.2, 0) is 16.6 Å². The maximum Gasteiger partial charge on any atom is 0.319 e. The van der Waals surface area contributed by atoms with Crippen LogP contribution in [-0.4, -0.2) is 28.4 Å². The zero-order valence-corrected chi connectivity index (χ0v) is 19.3. The van der Waals surface area contributed by atoms with Crippen LogP contribution in [0.5, 0.6) is 0 Å². The number of para-hydroxylation sites is 1. The van der Waals surface area contributed by atoms with Crippen LogP contribution in [0.2, 0.25) is 0 Å². The van der Waals surface area contributed by atoms with Gasteiger partial charge >= 0.3 is 6.03 Å². The Kier molecular flexibility index (Phi) is 5.99. The van der Waals surface area contributed by atoms with E-state index in [-0.39, 0.29) is 10.9 Å². The number of hydrogen-bond donors (Lipinski definition) is 2. The van der Waals surface area contributed by atoms with Crippen LogP contribution in [0.1, 0.15) is 5.56 Å². The van der Waals surface area contributed by atoms with Gasteiger partial charge < -0.3 is 10.6 Å². The summed E-state index contributed by atoms with van der Waals surface area (Å²) in [5.41, 5.74) is 3.67. The van der Waals surface area contributed by atoms with E-state index < -0.39 is 10.0 Å². The first-order valence-corrected chi connectivity index (χ1v) is 12.3. The van der Waals surface area contributed by atoms with Crippen LogP contribution in [0.15, 0.2) is 109 Å². The van der Waals surface area contributed by atoms with E-state index in [9.17, 15) is 13.2 Å². The Bertz CT molecular complexity index is 1580. The van der Waals surface area contributed by atoms with Gasteiger partial charge in [-0.05, 0) is 47.5 Å². The molecule has 8 nitrogen and oxygen atoms in total. The third-order valence-corrected chi connectivity index (χ3v) is 7.16. The Morgan fingerprint density at radius 1 is 0.857 bits per heavy atom. The van der Waals surface area contributed by atoms with Gasteiger partial charge in [-0.15, -0.1) is 0 Å². The first-order chi connectivity index (χ1) is 17.0. The van der Waals surface area contributed by atoms with E-state index in [1.165, 1.54) is 22.4 Å². The van der Waals surface area contributed by atoms with Crippen molar-refractivity contribution in [2.45, 2.75) is 11.4 Å². The lowest BCUT2D eigenvalue weighted by Gasteiger charge is -2.08. The summed E-state index contributed by atoms with van der Waals surface area (Å²) >= 11 is 0. The molecule has 0 bridgehead atoms. The third kappa shape index (κ3) is 4.62. The molecule has 0 saturated carbocycles. The van der Waals surface area contributed by atoms with Crippen molar-refractivity contribution in [3.05, 3.63) is 109 Å². The Morgan fingerprint density at radius 3 is 2.31 bits per heavy atom. The number of nitrogens with zero attached hydrogens (tertiary/aromatic N) is 3. The lowest BCUT2D eigenvalue weighted by molar-refractivity contribution is 0.251. The summed E-state index contributed by atoms with van der Waals surface area (Å²) in [5, 5.41) is 6.39. The van der Waals surface area contributed by atoms with Crippen LogP contribution < -0.4 is 10.6 Å². The van der Waals surface area contributed by atoms with Crippen LogP contribution in [0.25, 0.3) is 22.0 Å². The van der Waals surface area contributed by atoms with E-state index in [0.717, 1.165) is 22.1 Å². The molecule has 0 fully saturated rings. The summed E-state index contributed by atoms with van der Waals surface area (Å²) in [6.45, 7) is 0.364. The van der Waals surface area contributed by atoms with Gasteiger partial charge in [0, 0.05) is 54.2 Å². The molecule has 9 heteroatoms. The summed E-state index contributed by atoms with van der Waals surface area (Å²) in [5.74, 6) is 0. The molecule has 5 aromatic rings. The number of benzene rings is 2. The minimum atomic E-state index is -3.82. The van der Waals surface area contributed by atoms with Gasteiger partial charge in [-0.25, -0.2) is 17.2 Å². The number of hydrogen-bond acceptors (Lipinski definition) is 5. The predicted octanol–water partition coefficient (Wildman–Crippen LogP) is 4.66. The number of urea groups is 1. The largest absolute Gasteiger partial charge is 0.334 e. The zero-order chi connectivity index (χ0) is 24.3. The second-order valence-electron chi connectivity index (χ2n) is 7.80. The number of pyridine rings is 2. The van der Waals surface area contributed by atoms with Gasteiger partial charge in [-0.1, -0.05) is 36.4 Å². The van der Waals surface area contributed by atoms with E-state index in [1.54, 1.807) is 48.9 Å². The van der Waals surface area contributed by atoms with Crippen molar-refractivity contribution in [3.8, 4) is 11.1 Å². The fraction of sp³-hybridized carbons (Fsp3) is 0.0385. The zero-order valence-electron chi connectivity index (χ0n) is 18.5. The Morgan fingerprint density at radius 2 is 1.60 bits per heavy atom. The topological polar surface area (TPSA) is 106 Å². The summed E-state index contributed by atoms with van der Waals surface area (Å²) < 4.78 is 27.9. The number of rotatable bonds is 6. The van der Waals surface area contributed by atoms with Crippen molar-refractivity contribution in [1.82, 2.24) is 19.3 Å². The maximum atomic E-state index is 13.3. The molecule has 0 saturated heterocycles. The third-order valence-electron chi connectivity index (χ3n) is 5.50. The highest BCUT2D eigenvalue weighted by Gasteiger charge is 2.21. The van der Waals surface area contributed by atoms with Crippen LogP contribution in [0, 0.1) is 0 Å². The molecule has 0 aliphatic rings. The van der Waals surface area contributed by atoms with E-state index in [2.05, 4.69) is 20.6 Å². The van der Waals surface area contributed by atoms with Crippen LogP contribution in [0.4, 0.5) is 10.5 Å². The summed E-state index contributed by atoms with van der Waals surface area (Å²) in [6, 6.07) is 21.1. The molecular formula is C26H21N5O3S. The van der Waals surface area contributed by atoms with Gasteiger partial charge in [0.05, 0.1) is 5.52 Å². The van der Waals surface area contributed by atoms with Crippen molar-refractivity contribution >= 4 is 32.6 Å². The number of anilines is 1. The Balaban J connectivity index is 1.40. The number of carbonyl (C=O) groups excluding carboxylic acids is 1.